The molecule has 5 atom stereocenters. The first kappa shape index (κ1) is 21.2. The van der Waals surface area contributed by atoms with Crippen LogP contribution in [0.4, 0.5) is 0 Å². The Morgan fingerprint density at radius 1 is 1.24 bits per heavy atom. The van der Waals surface area contributed by atoms with E-state index < -0.39 is 40.8 Å². The Morgan fingerprint density at radius 3 is 2.38 bits per heavy atom. The molecule has 6 heteroatoms. The number of rotatable bonds is 5. The highest BCUT2D eigenvalue weighted by Gasteiger charge is 2.70. The fourth-order valence-electron chi connectivity index (χ4n) is 4.77. The van der Waals surface area contributed by atoms with E-state index in [1.807, 2.05) is 56.3 Å². The van der Waals surface area contributed by atoms with Gasteiger partial charge in [0.1, 0.15) is 5.54 Å². The van der Waals surface area contributed by atoms with Crippen molar-refractivity contribution in [3.05, 3.63) is 42.0 Å². The van der Waals surface area contributed by atoms with Crippen LogP contribution >= 0.6 is 0 Å². The molecule has 6 nitrogen and oxygen atoms in total. The maximum atomic E-state index is 13.4. The van der Waals surface area contributed by atoms with Crippen LogP contribution in [0.5, 0.6) is 0 Å². The van der Waals surface area contributed by atoms with E-state index in [4.69, 9.17) is 0 Å². The zero-order chi connectivity index (χ0) is 21.6. The van der Waals surface area contributed by atoms with Gasteiger partial charge in [-0.2, -0.15) is 0 Å². The first-order chi connectivity index (χ1) is 13.6. The molecule has 0 aliphatic carbocycles. The van der Waals surface area contributed by atoms with Crippen molar-refractivity contribution < 1.29 is 19.5 Å². The Balaban J connectivity index is 2.10. The van der Waals surface area contributed by atoms with Gasteiger partial charge in [0, 0.05) is 11.6 Å². The van der Waals surface area contributed by atoms with Gasteiger partial charge in [-0.15, -0.1) is 0 Å². The van der Waals surface area contributed by atoms with Crippen LogP contribution in [0.15, 0.2) is 36.4 Å². The highest BCUT2D eigenvalue weighted by molar-refractivity contribution is 6.10. The topological polar surface area (TPSA) is 86.7 Å². The summed E-state index contributed by atoms with van der Waals surface area (Å²) in [6.45, 7) is 9.15. The zero-order valence-corrected chi connectivity index (χ0v) is 17.7. The van der Waals surface area contributed by atoms with E-state index in [1.165, 1.54) is 4.90 Å². The summed E-state index contributed by atoms with van der Waals surface area (Å²) in [4.78, 5) is 40.5. The number of hydrogen-bond acceptors (Lipinski definition) is 4. The Labute approximate surface area is 172 Å². The molecule has 2 amide bonds. The normalized spacial score (nSPS) is 30.8. The van der Waals surface area contributed by atoms with Gasteiger partial charge < -0.3 is 5.11 Å². The summed E-state index contributed by atoms with van der Waals surface area (Å²) < 4.78 is 0. The first-order valence-corrected chi connectivity index (χ1v) is 10.2. The average molecular weight is 399 g/mol. The molecular formula is C23H30N2O4. The molecular weight excluding hydrogens is 368 g/mol. The number of nitrogens with zero attached hydrogens (tertiary/aromatic N) is 1. The molecule has 2 aliphatic heterocycles. The summed E-state index contributed by atoms with van der Waals surface area (Å²) in [6.07, 6.45) is 4.28. The Bertz CT molecular complexity index is 842. The van der Waals surface area contributed by atoms with Gasteiger partial charge in [0.2, 0.25) is 11.8 Å². The van der Waals surface area contributed by atoms with Crippen LogP contribution in [0, 0.1) is 17.8 Å². The quantitative estimate of drug-likeness (QED) is 0.745. The molecule has 2 saturated heterocycles. The number of likely N-dealkylation sites (tertiary alicyclic amines) is 1. The first-order valence-electron chi connectivity index (χ1n) is 10.2. The molecule has 0 spiro atoms. The van der Waals surface area contributed by atoms with Crippen LogP contribution in [0.25, 0.3) is 6.08 Å². The number of imide groups is 1. The third-order valence-corrected chi connectivity index (χ3v) is 6.34. The highest BCUT2D eigenvalue weighted by Crippen LogP contribution is 2.49. The summed E-state index contributed by atoms with van der Waals surface area (Å²) in [5, 5.41) is 13.4. The van der Waals surface area contributed by atoms with Crippen molar-refractivity contribution in [2.75, 3.05) is 0 Å². The number of fused-ring (bicyclic) bond motifs is 1. The second kappa shape index (κ2) is 7.41. The number of carboxylic acids is 1. The van der Waals surface area contributed by atoms with E-state index in [-0.39, 0.29) is 11.8 Å². The summed E-state index contributed by atoms with van der Waals surface area (Å²) in [5.41, 5.74) is -1.23. The molecule has 1 aromatic carbocycles. The molecule has 3 rings (SSSR count). The molecule has 156 valence electrons. The third-order valence-electron chi connectivity index (χ3n) is 6.34. The number of amides is 2. The number of nitrogens with one attached hydrogen (secondary N) is 1. The van der Waals surface area contributed by atoms with Crippen LogP contribution in [-0.2, 0) is 14.4 Å². The van der Waals surface area contributed by atoms with E-state index in [0.717, 1.165) is 5.56 Å². The third kappa shape index (κ3) is 3.29. The Kier molecular flexibility index (Phi) is 5.43. The van der Waals surface area contributed by atoms with Crippen LogP contribution in [0.2, 0.25) is 0 Å². The second-order valence-electron chi connectivity index (χ2n) is 9.11. The molecule has 0 aromatic heterocycles. The summed E-state index contributed by atoms with van der Waals surface area (Å²) >= 11 is 0. The lowest BCUT2D eigenvalue weighted by Crippen LogP contribution is -2.61. The monoisotopic (exact) mass is 398 g/mol. The highest BCUT2D eigenvalue weighted by atomic mass is 16.4. The predicted octanol–water partition coefficient (Wildman–Crippen LogP) is 2.94. The van der Waals surface area contributed by atoms with E-state index in [2.05, 4.69) is 5.32 Å². The van der Waals surface area contributed by atoms with Gasteiger partial charge in [0.15, 0.2) is 0 Å². The Morgan fingerprint density at radius 2 is 1.86 bits per heavy atom. The van der Waals surface area contributed by atoms with Crippen LogP contribution < -0.4 is 5.32 Å². The number of carboxylic acid groups (broad SMARTS) is 1. The minimum Gasteiger partial charge on any atom is -0.480 e. The van der Waals surface area contributed by atoms with Gasteiger partial charge in [-0.1, -0.05) is 62.8 Å². The van der Waals surface area contributed by atoms with E-state index >= 15 is 0 Å². The van der Waals surface area contributed by atoms with E-state index in [9.17, 15) is 19.5 Å². The standard InChI is InChI=1S/C23H30N2O4/c1-6-14(2)23(21(28)29)18-17(19(26)25(20(18)27)22(3,4)5)16(24-23)13-12-15-10-8-7-9-11-15/h7-14,16-18,24H,6H2,1-5H3,(H,28,29). The van der Waals surface area contributed by atoms with Gasteiger partial charge in [0.05, 0.1) is 11.8 Å². The van der Waals surface area contributed by atoms with Crippen molar-refractivity contribution in [2.24, 2.45) is 17.8 Å². The van der Waals surface area contributed by atoms with Crippen molar-refractivity contribution >= 4 is 23.9 Å². The minimum absolute atomic E-state index is 0.297. The minimum atomic E-state index is -1.47. The average Bonchev–Trinajstić information content (AvgIpc) is 3.14. The largest absolute Gasteiger partial charge is 0.480 e. The zero-order valence-electron chi connectivity index (χ0n) is 17.7. The molecule has 1 aromatic rings. The molecule has 2 aliphatic rings. The molecule has 0 radical (unpaired) electrons. The fourth-order valence-corrected chi connectivity index (χ4v) is 4.77. The lowest BCUT2D eigenvalue weighted by atomic mass is 9.72. The number of aliphatic carboxylic acids is 1. The molecule has 2 heterocycles. The SMILES string of the molecule is CCC(C)C1(C(=O)O)NC(C=Cc2ccccc2)C2C(=O)N(C(C)(C)C)C(=O)C21. The lowest BCUT2D eigenvalue weighted by Gasteiger charge is -2.37. The van der Waals surface area contributed by atoms with Crippen LogP contribution in [0.3, 0.4) is 0 Å². The number of carbonyl (C=O) groups excluding carboxylic acids is 2. The second-order valence-corrected chi connectivity index (χ2v) is 9.11. The smallest absolute Gasteiger partial charge is 0.325 e. The van der Waals surface area contributed by atoms with Crippen molar-refractivity contribution in [2.45, 2.75) is 58.2 Å². The van der Waals surface area contributed by atoms with Crippen LogP contribution in [-0.4, -0.2) is 44.9 Å². The maximum Gasteiger partial charge on any atom is 0.325 e. The van der Waals surface area contributed by atoms with Crippen molar-refractivity contribution in [3.8, 4) is 0 Å². The summed E-state index contributed by atoms with van der Waals surface area (Å²) in [5.74, 6) is -3.74. The van der Waals surface area contributed by atoms with Crippen LogP contribution in [0.1, 0.15) is 46.6 Å². The van der Waals surface area contributed by atoms with Crippen molar-refractivity contribution in [3.63, 3.8) is 0 Å². The number of hydrogen-bond donors (Lipinski definition) is 2. The molecule has 2 fully saturated rings. The van der Waals surface area contributed by atoms with Gasteiger partial charge in [-0.05, 0) is 32.3 Å². The van der Waals surface area contributed by atoms with Gasteiger partial charge in [-0.25, -0.2) is 0 Å². The van der Waals surface area contributed by atoms with Gasteiger partial charge in [-0.3, -0.25) is 24.6 Å². The molecule has 29 heavy (non-hydrogen) atoms. The number of benzene rings is 1. The van der Waals surface area contributed by atoms with E-state index in [1.54, 1.807) is 20.8 Å². The number of carbonyl (C=O) groups is 3. The predicted molar refractivity (Wildman–Crippen MR) is 111 cm³/mol. The van der Waals surface area contributed by atoms with Crippen molar-refractivity contribution in [1.82, 2.24) is 10.2 Å². The molecule has 2 N–H and O–H groups in total. The molecule has 0 saturated carbocycles. The van der Waals surface area contributed by atoms with Gasteiger partial charge >= 0.3 is 5.97 Å². The molecule has 0 bridgehead atoms. The van der Waals surface area contributed by atoms with E-state index in [0.29, 0.717) is 6.42 Å². The molecule has 5 unspecified atom stereocenters. The lowest BCUT2D eigenvalue weighted by molar-refractivity contribution is -0.155. The Hall–Kier alpha value is -2.47. The van der Waals surface area contributed by atoms with Crippen molar-refractivity contribution in [1.29, 1.82) is 0 Å². The maximum absolute atomic E-state index is 13.4. The fraction of sp³-hybridized carbons (Fsp3) is 0.522. The summed E-state index contributed by atoms with van der Waals surface area (Å²) in [7, 11) is 0. The summed E-state index contributed by atoms with van der Waals surface area (Å²) in [6, 6.07) is 9.08. The van der Waals surface area contributed by atoms with Gasteiger partial charge in [0.25, 0.3) is 0 Å².